The Morgan fingerprint density at radius 3 is 2.64 bits per heavy atom. The van der Waals surface area contributed by atoms with Crippen molar-refractivity contribution in [3.8, 4) is 11.1 Å². The maximum atomic E-state index is 14.3. The molecule has 0 atom stereocenters. The van der Waals surface area contributed by atoms with Crippen molar-refractivity contribution in [1.82, 2.24) is 9.97 Å². The van der Waals surface area contributed by atoms with Crippen molar-refractivity contribution in [3.63, 3.8) is 0 Å². The fraction of sp³-hybridized carbons (Fsp3) is 0.211. The first-order valence-corrected chi connectivity index (χ1v) is 8.19. The molecule has 0 aliphatic heterocycles. The zero-order valence-electron chi connectivity index (χ0n) is 13.7. The first-order chi connectivity index (χ1) is 12.2. The van der Waals surface area contributed by atoms with Crippen molar-refractivity contribution in [1.29, 1.82) is 0 Å². The molecular formula is C19H17FN4O. The van der Waals surface area contributed by atoms with E-state index in [2.05, 4.69) is 20.6 Å². The van der Waals surface area contributed by atoms with Gasteiger partial charge in [0.2, 0.25) is 5.91 Å². The molecule has 0 saturated heterocycles. The number of benzene rings is 1. The summed E-state index contributed by atoms with van der Waals surface area (Å²) in [4.78, 5) is 20.7. The topological polar surface area (TPSA) is 66.9 Å². The molecule has 6 heteroatoms. The number of carbonyl (C=O) groups excluding carboxylic acids is 1. The van der Waals surface area contributed by atoms with Gasteiger partial charge in [-0.25, -0.2) is 14.4 Å². The molecule has 25 heavy (non-hydrogen) atoms. The van der Waals surface area contributed by atoms with Gasteiger partial charge in [-0.1, -0.05) is 18.2 Å². The van der Waals surface area contributed by atoms with E-state index >= 15 is 0 Å². The Bertz CT molecular complexity index is 969. The van der Waals surface area contributed by atoms with Gasteiger partial charge < -0.3 is 10.6 Å². The summed E-state index contributed by atoms with van der Waals surface area (Å²) in [5.74, 6) is 0.886. The second-order valence-corrected chi connectivity index (χ2v) is 6.13. The number of hydrogen-bond donors (Lipinski definition) is 2. The van der Waals surface area contributed by atoms with Crippen LogP contribution in [0.15, 0.2) is 42.7 Å². The van der Waals surface area contributed by atoms with Crippen molar-refractivity contribution in [3.05, 3.63) is 48.5 Å². The first-order valence-electron chi connectivity index (χ1n) is 8.19. The molecule has 1 fully saturated rings. The number of nitrogens with one attached hydrogen (secondary N) is 2. The lowest BCUT2D eigenvalue weighted by Crippen LogP contribution is -2.14. The highest BCUT2D eigenvalue weighted by Gasteiger charge is 2.29. The lowest BCUT2D eigenvalue weighted by atomic mass is 10.0. The number of carbonyl (C=O) groups is 1. The third-order valence-electron chi connectivity index (χ3n) is 4.37. The Morgan fingerprint density at radius 1 is 1.12 bits per heavy atom. The van der Waals surface area contributed by atoms with Crippen molar-refractivity contribution in [2.24, 2.45) is 5.92 Å². The Kier molecular flexibility index (Phi) is 3.80. The van der Waals surface area contributed by atoms with Gasteiger partial charge in [0, 0.05) is 47.3 Å². The number of nitrogens with zero attached hydrogens (tertiary/aromatic N) is 2. The van der Waals surface area contributed by atoms with Crippen LogP contribution in [0.1, 0.15) is 12.8 Å². The zero-order chi connectivity index (χ0) is 17.4. The number of aromatic nitrogens is 2. The number of amides is 1. The third kappa shape index (κ3) is 2.91. The lowest BCUT2D eigenvalue weighted by molar-refractivity contribution is -0.117. The standard InChI is InChI=1S/C19H17FN4O/c1-21-18-15-10-22-17(24-19(25)11-6-7-11)8-13(15)14(9-23-18)12-4-2-3-5-16(12)20/h2-5,8-11H,6-7H2,1H3,(H,21,23)(H,22,24,25). The number of hydrogen-bond acceptors (Lipinski definition) is 4. The second kappa shape index (κ2) is 6.12. The van der Waals surface area contributed by atoms with Crippen LogP contribution in [0, 0.1) is 11.7 Å². The smallest absolute Gasteiger partial charge is 0.228 e. The predicted octanol–water partition coefficient (Wildman–Crippen LogP) is 3.83. The lowest BCUT2D eigenvalue weighted by Gasteiger charge is -2.12. The van der Waals surface area contributed by atoms with Crippen molar-refractivity contribution in [2.45, 2.75) is 12.8 Å². The molecule has 2 aromatic heterocycles. The van der Waals surface area contributed by atoms with Gasteiger partial charge in [-0.05, 0) is 25.0 Å². The van der Waals surface area contributed by atoms with Gasteiger partial charge in [-0.3, -0.25) is 4.79 Å². The average molecular weight is 336 g/mol. The molecule has 1 aliphatic carbocycles. The van der Waals surface area contributed by atoms with Crippen LogP contribution < -0.4 is 10.6 Å². The van der Waals surface area contributed by atoms with Gasteiger partial charge in [0.25, 0.3) is 0 Å². The highest BCUT2D eigenvalue weighted by Crippen LogP contribution is 2.34. The van der Waals surface area contributed by atoms with E-state index in [1.54, 1.807) is 43.7 Å². The molecular weight excluding hydrogens is 319 g/mol. The fourth-order valence-corrected chi connectivity index (χ4v) is 2.87. The van der Waals surface area contributed by atoms with Crippen LogP contribution >= 0.6 is 0 Å². The highest BCUT2D eigenvalue weighted by molar-refractivity contribution is 6.03. The summed E-state index contributed by atoms with van der Waals surface area (Å²) in [6.07, 6.45) is 5.14. The summed E-state index contributed by atoms with van der Waals surface area (Å²) in [5.41, 5.74) is 1.13. The van der Waals surface area contributed by atoms with Crippen molar-refractivity contribution in [2.75, 3.05) is 17.7 Å². The van der Waals surface area contributed by atoms with E-state index in [0.29, 0.717) is 22.8 Å². The van der Waals surface area contributed by atoms with E-state index in [0.717, 1.165) is 23.6 Å². The number of pyridine rings is 2. The highest BCUT2D eigenvalue weighted by atomic mass is 19.1. The number of anilines is 2. The molecule has 2 heterocycles. The largest absolute Gasteiger partial charge is 0.373 e. The van der Waals surface area contributed by atoms with E-state index < -0.39 is 0 Å². The van der Waals surface area contributed by atoms with E-state index in [-0.39, 0.29) is 17.6 Å². The van der Waals surface area contributed by atoms with Gasteiger partial charge in [-0.2, -0.15) is 0 Å². The molecule has 1 aromatic carbocycles. The molecule has 1 saturated carbocycles. The monoisotopic (exact) mass is 336 g/mol. The predicted molar refractivity (Wildman–Crippen MR) is 95.8 cm³/mol. The van der Waals surface area contributed by atoms with Crippen LogP contribution in [0.2, 0.25) is 0 Å². The number of halogens is 1. The molecule has 2 N–H and O–H groups in total. The molecule has 3 aromatic rings. The first kappa shape index (κ1) is 15.5. The van der Waals surface area contributed by atoms with Crippen LogP contribution in [0.5, 0.6) is 0 Å². The van der Waals surface area contributed by atoms with Crippen LogP contribution in [0.3, 0.4) is 0 Å². The molecule has 0 unspecified atom stereocenters. The Balaban J connectivity index is 1.86. The quantitative estimate of drug-likeness (QED) is 0.760. The summed E-state index contributed by atoms with van der Waals surface area (Å²) in [7, 11) is 1.77. The molecule has 0 spiro atoms. The second-order valence-electron chi connectivity index (χ2n) is 6.13. The van der Waals surface area contributed by atoms with Gasteiger partial charge in [0.1, 0.15) is 17.5 Å². The van der Waals surface area contributed by atoms with Crippen LogP contribution in [0.4, 0.5) is 16.0 Å². The van der Waals surface area contributed by atoms with Gasteiger partial charge in [0.05, 0.1) is 0 Å². The van der Waals surface area contributed by atoms with Crippen molar-refractivity contribution >= 4 is 28.3 Å². The molecule has 0 radical (unpaired) electrons. The summed E-state index contributed by atoms with van der Waals surface area (Å²) >= 11 is 0. The molecule has 4 rings (SSSR count). The summed E-state index contributed by atoms with van der Waals surface area (Å²) in [5, 5.41) is 7.42. The number of fused-ring (bicyclic) bond motifs is 1. The third-order valence-corrected chi connectivity index (χ3v) is 4.37. The minimum atomic E-state index is -0.316. The van der Waals surface area contributed by atoms with Crippen LogP contribution in [0.25, 0.3) is 21.9 Å². The summed E-state index contributed by atoms with van der Waals surface area (Å²) in [6, 6.07) is 8.35. The molecule has 126 valence electrons. The molecule has 1 aliphatic rings. The van der Waals surface area contributed by atoms with E-state index in [4.69, 9.17) is 0 Å². The summed E-state index contributed by atoms with van der Waals surface area (Å²) in [6.45, 7) is 0. The van der Waals surface area contributed by atoms with E-state index in [9.17, 15) is 9.18 Å². The van der Waals surface area contributed by atoms with Crippen LogP contribution in [-0.2, 0) is 4.79 Å². The minimum Gasteiger partial charge on any atom is -0.373 e. The SMILES string of the molecule is CNc1ncc(-c2ccccc2F)c2cc(NC(=O)C3CC3)ncc12. The van der Waals surface area contributed by atoms with E-state index in [1.807, 2.05) is 0 Å². The van der Waals surface area contributed by atoms with Crippen molar-refractivity contribution < 1.29 is 9.18 Å². The normalized spacial score (nSPS) is 13.7. The Labute approximate surface area is 144 Å². The zero-order valence-corrected chi connectivity index (χ0v) is 13.7. The van der Waals surface area contributed by atoms with Gasteiger partial charge >= 0.3 is 0 Å². The Morgan fingerprint density at radius 2 is 1.92 bits per heavy atom. The van der Waals surface area contributed by atoms with Gasteiger partial charge in [0.15, 0.2) is 0 Å². The number of rotatable bonds is 4. The average Bonchev–Trinajstić information content (AvgIpc) is 3.46. The fourth-order valence-electron chi connectivity index (χ4n) is 2.87. The molecule has 5 nitrogen and oxygen atoms in total. The molecule has 1 amide bonds. The summed E-state index contributed by atoms with van der Waals surface area (Å²) < 4.78 is 14.3. The molecule has 0 bridgehead atoms. The maximum Gasteiger partial charge on any atom is 0.228 e. The Hall–Kier alpha value is -3.02. The van der Waals surface area contributed by atoms with E-state index in [1.165, 1.54) is 6.07 Å². The van der Waals surface area contributed by atoms with Crippen LogP contribution in [-0.4, -0.2) is 22.9 Å². The maximum absolute atomic E-state index is 14.3. The van der Waals surface area contributed by atoms with Gasteiger partial charge in [-0.15, -0.1) is 0 Å². The minimum absolute atomic E-state index is 0.0119.